The first kappa shape index (κ1) is 21.6. The van der Waals surface area contributed by atoms with Crippen molar-refractivity contribution in [1.29, 1.82) is 0 Å². The number of nitrogens with one attached hydrogen (secondary N) is 2. The fraction of sp³-hybridized carbons (Fsp3) is 0.571. The van der Waals surface area contributed by atoms with E-state index in [9.17, 15) is 4.79 Å². The minimum absolute atomic E-state index is 0. The van der Waals surface area contributed by atoms with Gasteiger partial charge in [0.1, 0.15) is 11.5 Å². The largest absolute Gasteiger partial charge is 0.357 e. The number of pyridine rings is 1. The van der Waals surface area contributed by atoms with E-state index < -0.39 is 0 Å². The lowest BCUT2D eigenvalue weighted by Gasteiger charge is -2.31. The Labute approximate surface area is 178 Å². The summed E-state index contributed by atoms with van der Waals surface area (Å²) in [5.74, 6) is 1.70. The van der Waals surface area contributed by atoms with Gasteiger partial charge in [-0.25, -0.2) is 4.98 Å². The van der Waals surface area contributed by atoms with Gasteiger partial charge in [0.2, 0.25) is 0 Å². The second kappa shape index (κ2) is 10.1. The Morgan fingerprint density at radius 1 is 1.24 bits per heavy atom. The lowest BCUT2D eigenvalue weighted by molar-refractivity contribution is 0.0944. The van der Waals surface area contributed by atoms with Crippen molar-refractivity contribution in [3.05, 3.63) is 41.9 Å². The van der Waals surface area contributed by atoms with Crippen LogP contribution in [0.2, 0.25) is 0 Å². The predicted molar refractivity (Wildman–Crippen MR) is 117 cm³/mol. The van der Waals surface area contributed by atoms with Gasteiger partial charge >= 0.3 is 0 Å². The maximum absolute atomic E-state index is 12.4. The van der Waals surface area contributed by atoms with Gasteiger partial charge in [0, 0.05) is 38.6 Å². The number of carbonyl (C=O) groups excluding carboxylic acids is 1. The highest BCUT2D eigenvalue weighted by Gasteiger charge is 2.18. The van der Waals surface area contributed by atoms with E-state index in [0.717, 1.165) is 56.3 Å². The number of piperidine rings is 2. The van der Waals surface area contributed by atoms with E-state index in [2.05, 4.69) is 38.6 Å². The quantitative estimate of drug-likeness (QED) is 0.780. The first-order valence-electron chi connectivity index (χ1n) is 10.4. The molecule has 158 valence electrons. The van der Waals surface area contributed by atoms with E-state index in [0.29, 0.717) is 18.3 Å². The topological polar surface area (TPSA) is 75.1 Å². The van der Waals surface area contributed by atoms with Crippen LogP contribution in [0, 0.1) is 5.92 Å². The molecule has 2 aromatic rings. The summed E-state index contributed by atoms with van der Waals surface area (Å²) in [5, 5.41) is 10.8. The van der Waals surface area contributed by atoms with E-state index in [1.165, 1.54) is 12.8 Å². The molecule has 0 radical (unpaired) electrons. The van der Waals surface area contributed by atoms with Gasteiger partial charge in [0.25, 0.3) is 5.91 Å². The fourth-order valence-corrected chi connectivity index (χ4v) is 3.94. The summed E-state index contributed by atoms with van der Waals surface area (Å²) in [6.07, 6.45) is 8.46. The molecule has 1 amide bonds. The number of hydrogen-bond acceptors (Lipinski definition) is 5. The number of halogens is 1. The Kier molecular flexibility index (Phi) is 7.50. The van der Waals surface area contributed by atoms with Crippen LogP contribution >= 0.6 is 12.4 Å². The molecule has 2 saturated heterocycles. The molecular formula is C21H31ClN6O. The van der Waals surface area contributed by atoms with Gasteiger partial charge in [-0.15, -0.1) is 12.4 Å². The van der Waals surface area contributed by atoms with Crippen LogP contribution in [0.4, 0.5) is 5.82 Å². The molecule has 0 bridgehead atoms. The van der Waals surface area contributed by atoms with Crippen molar-refractivity contribution in [2.75, 3.05) is 31.1 Å². The molecule has 2 aliphatic rings. The van der Waals surface area contributed by atoms with Crippen molar-refractivity contribution in [2.24, 2.45) is 5.92 Å². The maximum Gasteiger partial charge on any atom is 0.272 e. The molecule has 2 aliphatic heterocycles. The third-order valence-corrected chi connectivity index (χ3v) is 5.86. The summed E-state index contributed by atoms with van der Waals surface area (Å²) >= 11 is 0. The summed E-state index contributed by atoms with van der Waals surface area (Å²) in [7, 11) is 0. The van der Waals surface area contributed by atoms with Crippen LogP contribution in [0.1, 0.15) is 54.7 Å². The molecule has 7 nitrogen and oxygen atoms in total. The van der Waals surface area contributed by atoms with Gasteiger partial charge in [-0.2, -0.15) is 5.10 Å². The normalized spacial score (nSPS) is 20.2. The van der Waals surface area contributed by atoms with Gasteiger partial charge in [0.15, 0.2) is 0 Å². The molecular weight excluding hydrogens is 388 g/mol. The average molecular weight is 419 g/mol. The summed E-state index contributed by atoms with van der Waals surface area (Å²) in [6.45, 7) is 6.89. The number of nitrogens with zero attached hydrogens (tertiary/aromatic N) is 4. The lowest BCUT2D eigenvalue weighted by Crippen LogP contribution is -2.33. The van der Waals surface area contributed by atoms with Gasteiger partial charge in [0.05, 0.1) is 6.04 Å². The molecule has 2 N–H and O–H groups in total. The van der Waals surface area contributed by atoms with Gasteiger partial charge in [-0.3, -0.25) is 9.48 Å². The van der Waals surface area contributed by atoms with Crippen molar-refractivity contribution in [3.8, 4) is 0 Å². The predicted octanol–water partition coefficient (Wildman–Crippen LogP) is 2.79. The molecule has 4 heterocycles. The molecule has 0 spiro atoms. The lowest BCUT2D eigenvalue weighted by atomic mass is 9.99. The summed E-state index contributed by atoms with van der Waals surface area (Å²) in [5.41, 5.74) is 1.47. The smallest absolute Gasteiger partial charge is 0.272 e. The Morgan fingerprint density at radius 3 is 2.76 bits per heavy atom. The molecule has 8 heteroatoms. The van der Waals surface area contributed by atoms with Crippen molar-refractivity contribution >= 4 is 24.1 Å². The standard InChI is InChI=1S/C21H30N6O.ClH/c1-16-6-10-26(11-7-16)20-5-4-17(13-23-20)14-24-21(28)19-8-12-27(25-19)18-3-2-9-22-15-18;/h4-5,8,12-13,16,18,22H,2-3,6-7,9-11,14-15H2,1H3,(H,24,28);1H. The summed E-state index contributed by atoms with van der Waals surface area (Å²) in [4.78, 5) is 19.4. The van der Waals surface area contributed by atoms with Gasteiger partial charge in [-0.1, -0.05) is 13.0 Å². The minimum Gasteiger partial charge on any atom is -0.357 e. The van der Waals surface area contributed by atoms with E-state index in [-0.39, 0.29) is 18.3 Å². The number of rotatable bonds is 5. The highest BCUT2D eigenvalue weighted by Crippen LogP contribution is 2.21. The number of amides is 1. The monoisotopic (exact) mass is 418 g/mol. The van der Waals surface area contributed by atoms with Crippen LogP contribution in [0.15, 0.2) is 30.6 Å². The highest BCUT2D eigenvalue weighted by atomic mass is 35.5. The molecule has 0 aliphatic carbocycles. The molecule has 2 fully saturated rings. The second-order valence-corrected chi connectivity index (χ2v) is 8.06. The Bertz CT molecular complexity index is 779. The molecule has 29 heavy (non-hydrogen) atoms. The molecule has 1 unspecified atom stereocenters. The molecule has 0 saturated carbocycles. The molecule has 0 aromatic carbocycles. The number of aromatic nitrogens is 3. The maximum atomic E-state index is 12.4. The average Bonchev–Trinajstić information content (AvgIpc) is 3.24. The van der Waals surface area contributed by atoms with Crippen molar-refractivity contribution in [3.63, 3.8) is 0 Å². The molecule has 1 atom stereocenters. The zero-order valence-electron chi connectivity index (χ0n) is 17.0. The zero-order chi connectivity index (χ0) is 19.3. The number of anilines is 1. The Balaban J connectivity index is 0.00000240. The fourth-order valence-electron chi connectivity index (χ4n) is 3.94. The van der Waals surface area contributed by atoms with E-state index in [1.807, 2.05) is 23.1 Å². The summed E-state index contributed by atoms with van der Waals surface area (Å²) < 4.78 is 1.91. The first-order chi connectivity index (χ1) is 13.7. The highest BCUT2D eigenvalue weighted by molar-refractivity contribution is 5.92. The Hall–Kier alpha value is -2.12. The zero-order valence-corrected chi connectivity index (χ0v) is 17.8. The summed E-state index contributed by atoms with van der Waals surface area (Å²) in [6, 6.07) is 6.24. The Morgan fingerprint density at radius 2 is 2.07 bits per heavy atom. The minimum atomic E-state index is -0.142. The van der Waals surface area contributed by atoms with E-state index in [4.69, 9.17) is 0 Å². The van der Waals surface area contributed by atoms with Crippen LogP contribution in [0.25, 0.3) is 0 Å². The number of hydrogen-bond donors (Lipinski definition) is 2. The number of carbonyl (C=O) groups is 1. The van der Waals surface area contributed by atoms with Crippen molar-refractivity contribution in [2.45, 2.75) is 45.2 Å². The van der Waals surface area contributed by atoms with Crippen LogP contribution in [0.3, 0.4) is 0 Å². The van der Waals surface area contributed by atoms with Gasteiger partial charge < -0.3 is 15.5 Å². The van der Waals surface area contributed by atoms with Crippen LogP contribution in [-0.2, 0) is 6.54 Å². The third kappa shape index (κ3) is 5.48. The second-order valence-electron chi connectivity index (χ2n) is 8.06. The van der Waals surface area contributed by atoms with E-state index in [1.54, 1.807) is 6.07 Å². The van der Waals surface area contributed by atoms with Crippen LogP contribution in [-0.4, -0.2) is 46.9 Å². The third-order valence-electron chi connectivity index (χ3n) is 5.86. The van der Waals surface area contributed by atoms with Crippen molar-refractivity contribution < 1.29 is 4.79 Å². The van der Waals surface area contributed by atoms with E-state index >= 15 is 0 Å². The van der Waals surface area contributed by atoms with Crippen molar-refractivity contribution in [1.82, 2.24) is 25.4 Å². The molecule has 4 rings (SSSR count). The first-order valence-corrected chi connectivity index (χ1v) is 10.4. The van der Waals surface area contributed by atoms with Gasteiger partial charge in [-0.05, 0) is 55.8 Å². The van der Waals surface area contributed by atoms with Crippen LogP contribution in [0.5, 0.6) is 0 Å². The SMILES string of the molecule is CC1CCN(c2ccc(CNC(=O)c3ccn(C4CCCNC4)n3)cn2)CC1.Cl. The molecule has 2 aromatic heterocycles. The van der Waals surface area contributed by atoms with Crippen LogP contribution < -0.4 is 15.5 Å².